The maximum atomic E-state index is 12.2. The maximum absolute atomic E-state index is 12.2. The van der Waals surface area contributed by atoms with Gasteiger partial charge in [0.15, 0.2) is 11.8 Å². The molecule has 0 bridgehead atoms. The summed E-state index contributed by atoms with van der Waals surface area (Å²) >= 11 is 0. The largest absolute Gasteiger partial charge is 0.449 e. The number of aromatic nitrogens is 2. The molecule has 2 aromatic rings. The Morgan fingerprint density at radius 2 is 1.83 bits per heavy atom. The van der Waals surface area contributed by atoms with Crippen molar-refractivity contribution >= 4 is 23.3 Å². The summed E-state index contributed by atoms with van der Waals surface area (Å²) in [5.74, 6) is -1.26. The third kappa shape index (κ3) is 4.44. The molecule has 23 heavy (non-hydrogen) atoms. The fraction of sp³-hybridized carbons (Fsp3) is 0.188. The van der Waals surface area contributed by atoms with Gasteiger partial charge in [-0.25, -0.2) is 9.78 Å². The number of carbonyl (C=O) groups excluding carboxylic acids is 3. The predicted octanol–water partition coefficient (Wildman–Crippen LogP) is 1.86. The third-order valence-corrected chi connectivity index (χ3v) is 2.92. The van der Waals surface area contributed by atoms with Gasteiger partial charge in [-0.3, -0.25) is 14.6 Å². The van der Waals surface area contributed by atoms with E-state index in [1.807, 2.05) is 0 Å². The van der Waals surface area contributed by atoms with Crippen LogP contribution in [0.1, 0.15) is 34.7 Å². The Balaban J connectivity index is 2.02. The molecule has 1 amide bonds. The van der Waals surface area contributed by atoms with Crippen molar-refractivity contribution < 1.29 is 19.1 Å². The molecule has 2 rings (SSSR count). The summed E-state index contributed by atoms with van der Waals surface area (Å²) in [4.78, 5) is 42.6. The number of nitrogens with one attached hydrogen (secondary N) is 1. The van der Waals surface area contributed by atoms with Crippen molar-refractivity contribution in [1.29, 1.82) is 0 Å². The summed E-state index contributed by atoms with van der Waals surface area (Å²) in [6.07, 6.45) is 3.10. The van der Waals surface area contributed by atoms with Gasteiger partial charge in [0.1, 0.15) is 0 Å². The number of nitrogens with zero attached hydrogens (tertiary/aromatic N) is 2. The van der Waals surface area contributed by atoms with Gasteiger partial charge in [0.05, 0.1) is 6.20 Å². The molecule has 1 aromatic heterocycles. The van der Waals surface area contributed by atoms with E-state index in [9.17, 15) is 14.4 Å². The molecule has 118 valence electrons. The maximum Gasteiger partial charge on any atom is 0.359 e. The van der Waals surface area contributed by atoms with Crippen LogP contribution in [0.15, 0.2) is 42.9 Å². The fourth-order valence-electron chi connectivity index (χ4n) is 1.83. The standard InChI is InChI=1S/C16H15N3O4/c1-10(23-16(22)14-9-17-7-8-18-14)15(21)12-3-5-13(6-4-12)19-11(2)20/h3-10H,1-2H3,(H,19,20). The number of anilines is 1. The molecule has 0 fully saturated rings. The Bertz CT molecular complexity index is 714. The van der Waals surface area contributed by atoms with Gasteiger partial charge < -0.3 is 10.1 Å². The molecule has 1 N–H and O–H groups in total. The molecule has 7 nitrogen and oxygen atoms in total. The molecule has 0 saturated carbocycles. The van der Waals surface area contributed by atoms with Crippen molar-refractivity contribution in [3.8, 4) is 0 Å². The van der Waals surface area contributed by atoms with Gasteiger partial charge in [0.25, 0.3) is 0 Å². The van der Waals surface area contributed by atoms with E-state index in [-0.39, 0.29) is 17.4 Å². The molecule has 0 aliphatic heterocycles. The lowest BCUT2D eigenvalue weighted by atomic mass is 10.1. The molecule has 1 aromatic carbocycles. The van der Waals surface area contributed by atoms with Gasteiger partial charge in [-0.2, -0.15) is 0 Å². The lowest BCUT2D eigenvalue weighted by molar-refractivity contribution is -0.114. The summed E-state index contributed by atoms with van der Waals surface area (Å²) in [5, 5.41) is 2.60. The zero-order chi connectivity index (χ0) is 16.8. The minimum atomic E-state index is -0.962. The number of ether oxygens (including phenoxy) is 1. The number of carbonyl (C=O) groups is 3. The van der Waals surface area contributed by atoms with E-state index < -0.39 is 12.1 Å². The van der Waals surface area contributed by atoms with Crippen molar-refractivity contribution in [2.75, 3.05) is 5.32 Å². The summed E-state index contributed by atoms with van der Waals surface area (Å²) < 4.78 is 5.09. The van der Waals surface area contributed by atoms with Crippen molar-refractivity contribution in [1.82, 2.24) is 9.97 Å². The van der Waals surface area contributed by atoms with Crippen LogP contribution >= 0.6 is 0 Å². The van der Waals surface area contributed by atoms with Gasteiger partial charge in [-0.1, -0.05) is 0 Å². The van der Waals surface area contributed by atoms with Crippen LogP contribution < -0.4 is 5.32 Å². The zero-order valence-corrected chi connectivity index (χ0v) is 12.6. The number of hydrogen-bond acceptors (Lipinski definition) is 6. The first kappa shape index (κ1) is 16.3. The van der Waals surface area contributed by atoms with Gasteiger partial charge in [-0.05, 0) is 31.2 Å². The van der Waals surface area contributed by atoms with Gasteiger partial charge in [0, 0.05) is 30.6 Å². The van der Waals surface area contributed by atoms with E-state index in [1.165, 1.54) is 32.4 Å². The quantitative estimate of drug-likeness (QED) is 0.668. The highest BCUT2D eigenvalue weighted by Crippen LogP contribution is 2.13. The van der Waals surface area contributed by atoms with E-state index in [0.717, 1.165) is 0 Å². The highest BCUT2D eigenvalue weighted by Gasteiger charge is 2.21. The molecule has 1 atom stereocenters. The second-order valence-corrected chi connectivity index (χ2v) is 4.76. The predicted molar refractivity (Wildman–Crippen MR) is 82.0 cm³/mol. The SMILES string of the molecule is CC(=O)Nc1ccc(C(=O)C(C)OC(=O)c2cnccn2)cc1. The molecule has 0 spiro atoms. The average molecular weight is 313 g/mol. The number of Topliss-reactive ketones (excluding diaryl/α,β-unsaturated/α-hetero) is 1. The summed E-state index contributed by atoms with van der Waals surface area (Å²) in [6, 6.07) is 6.32. The Morgan fingerprint density at radius 3 is 2.39 bits per heavy atom. The molecule has 0 saturated heterocycles. The second-order valence-electron chi connectivity index (χ2n) is 4.76. The Morgan fingerprint density at radius 1 is 1.13 bits per heavy atom. The van der Waals surface area contributed by atoms with Crippen LogP contribution in [0.5, 0.6) is 0 Å². The van der Waals surface area contributed by atoms with E-state index >= 15 is 0 Å². The van der Waals surface area contributed by atoms with Crippen LogP contribution in [-0.2, 0) is 9.53 Å². The first-order chi connectivity index (χ1) is 11.0. The Labute approximate surface area is 132 Å². The topological polar surface area (TPSA) is 98.2 Å². The number of rotatable bonds is 5. The second kappa shape index (κ2) is 7.26. The number of benzene rings is 1. The number of hydrogen-bond donors (Lipinski definition) is 1. The molecule has 1 heterocycles. The summed E-state index contributed by atoms with van der Waals surface area (Å²) in [5.41, 5.74) is 0.991. The zero-order valence-electron chi connectivity index (χ0n) is 12.6. The Hall–Kier alpha value is -3.09. The molecule has 7 heteroatoms. The van der Waals surface area contributed by atoms with Gasteiger partial charge in [-0.15, -0.1) is 0 Å². The summed E-state index contributed by atoms with van der Waals surface area (Å²) in [7, 11) is 0. The van der Waals surface area contributed by atoms with E-state index in [1.54, 1.807) is 24.3 Å². The molecule has 0 radical (unpaired) electrons. The number of amides is 1. The van der Waals surface area contributed by atoms with Crippen LogP contribution in [0.3, 0.4) is 0 Å². The molecule has 1 unspecified atom stereocenters. The van der Waals surface area contributed by atoms with E-state index in [4.69, 9.17) is 4.74 Å². The van der Waals surface area contributed by atoms with E-state index in [2.05, 4.69) is 15.3 Å². The third-order valence-electron chi connectivity index (χ3n) is 2.92. The van der Waals surface area contributed by atoms with Crippen LogP contribution in [0.4, 0.5) is 5.69 Å². The highest BCUT2D eigenvalue weighted by atomic mass is 16.5. The van der Waals surface area contributed by atoms with Gasteiger partial charge in [0.2, 0.25) is 11.7 Å². The first-order valence-corrected chi connectivity index (χ1v) is 6.86. The average Bonchev–Trinajstić information content (AvgIpc) is 2.55. The first-order valence-electron chi connectivity index (χ1n) is 6.86. The van der Waals surface area contributed by atoms with Crippen LogP contribution in [-0.4, -0.2) is 33.7 Å². The minimum Gasteiger partial charge on any atom is -0.449 e. The molecule has 0 aliphatic carbocycles. The minimum absolute atomic E-state index is 0.0353. The number of ketones is 1. The monoisotopic (exact) mass is 313 g/mol. The van der Waals surface area contributed by atoms with Crippen molar-refractivity contribution in [3.63, 3.8) is 0 Å². The molecular weight excluding hydrogens is 298 g/mol. The normalized spacial score (nSPS) is 11.4. The lowest BCUT2D eigenvalue weighted by Gasteiger charge is -2.12. The van der Waals surface area contributed by atoms with Crippen molar-refractivity contribution in [2.24, 2.45) is 0 Å². The van der Waals surface area contributed by atoms with Crippen LogP contribution in [0.2, 0.25) is 0 Å². The summed E-state index contributed by atoms with van der Waals surface area (Å²) in [6.45, 7) is 2.88. The van der Waals surface area contributed by atoms with E-state index in [0.29, 0.717) is 11.3 Å². The van der Waals surface area contributed by atoms with Crippen molar-refractivity contribution in [3.05, 3.63) is 54.1 Å². The van der Waals surface area contributed by atoms with Gasteiger partial charge >= 0.3 is 5.97 Å². The molecule has 0 aliphatic rings. The molecular formula is C16H15N3O4. The highest BCUT2D eigenvalue weighted by molar-refractivity contribution is 6.01. The number of esters is 1. The van der Waals surface area contributed by atoms with Crippen molar-refractivity contribution in [2.45, 2.75) is 20.0 Å². The van der Waals surface area contributed by atoms with Crippen LogP contribution in [0, 0.1) is 0 Å². The fourth-order valence-corrected chi connectivity index (χ4v) is 1.83. The lowest BCUT2D eigenvalue weighted by Crippen LogP contribution is -2.25. The Kier molecular flexibility index (Phi) is 5.14. The van der Waals surface area contributed by atoms with Crippen LogP contribution in [0.25, 0.3) is 0 Å². The smallest absolute Gasteiger partial charge is 0.359 e.